The smallest absolute Gasteiger partial charge is 0.312 e. The SMILES string of the molecule is C#C.C/C=C(/C=O)SCCC.C=O.CC.CN1CC(C(=O)OC(C)(C)C)C1.CNCCc1ccc(-c2ncc(Br)cn2)cc1. The van der Waals surface area contributed by atoms with Gasteiger partial charge in [0.1, 0.15) is 12.4 Å². The van der Waals surface area contributed by atoms with Crippen molar-refractivity contribution in [1.29, 1.82) is 0 Å². The number of benzene rings is 1. The Labute approximate surface area is 279 Å². The van der Waals surface area contributed by atoms with E-state index in [1.807, 2.05) is 68.5 Å². The highest BCUT2D eigenvalue weighted by atomic mass is 79.9. The molecule has 1 saturated heterocycles. The van der Waals surface area contributed by atoms with Gasteiger partial charge in [-0.3, -0.25) is 9.59 Å². The molecule has 1 fully saturated rings. The van der Waals surface area contributed by atoms with Crippen LogP contribution >= 0.6 is 27.7 Å². The summed E-state index contributed by atoms with van der Waals surface area (Å²) in [4.78, 5) is 41.0. The summed E-state index contributed by atoms with van der Waals surface area (Å²) in [5, 5.41) is 3.14. The fourth-order valence-electron chi connectivity index (χ4n) is 3.19. The highest BCUT2D eigenvalue weighted by molar-refractivity contribution is 9.10. The van der Waals surface area contributed by atoms with Crippen LogP contribution in [-0.4, -0.2) is 79.0 Å². The van der Waals surface area contributed by atoms with Gasteiger partial charge in [0, 0.05) is 36.0 Å². The number of hydrogen-bond donors (Lipinski definition) is 1. The third kappa shape index (κ3) is 22.7. The van der Waals surface area contributed by atoms with Crippen molar-refractivity contribution in [2.24, 2.45) is 5.92 Å². The molecule has 0 amide bonds. The van der Waals surface area contributed by atoms with Crippen molar-refractivity contribution in [3.63, 3.8) is 0 Å². The largest absolute Gasteiger partial charge is 0.460 e. The van der Waals surface area contributed by atoms with E-state index in [2.05, 4.69) is 80.2 Å². The zero-order valence-corrected chi connectivity index (χ0v) is 30.5. The zero-order valence-electron chi connectivity index (χ0n) is 28.1. The van der Waals surface area contributed by atoms with Gasteiger partial charge in [0.15, 0.2) is 12.1 Å². The Morgan fingerprint density at radius 2 is 1.68 bits per heavy atom. The number of carbonyl (C=O) groups is 3. The molecule has 1 N–H and O–H groups in total. The van der Waals surface area contributed by atoms with Crippen molar-refractivity contribution in [1.82, 2.24) is 20.2 Å². The molecular formula is C34H53BrN4O4S. The Bertz CT molecular complexity index is 1050. The van der Waals surface area contributed by atoms with Crippen molar-refractivity contribution in [3.05, 3.63) is 57.7 Å². The Balaban J connectivity index is -0.000000550. The van der Waals surface area contributed by atoms with Gasteiger partial charge in [-0.15, -0.1) is 24.6 Å². The first-order valence-corrected chi connectivity index (χ1v) is 16.3. The van der Waals surface area contributed by atoms with Crippen LogP contribution in [0.4, 0.5) is 0 Å². The van der Waals surface area contributed by atoms with Crippen LogP contribution in [-0.2, 0) is 25.5 Å². The Hall–Kier alpha value is -2.84. The Morgan fingerprint density at radius 1 is 1.16 bits per heavy atom. The number of hydrogen-bond acceptors (Lipinski definition) is 9. The van der Waals surface area contributed by atoms with Crippen LogP contribution in [0.1, 0.15) is 60.5 Å². The minimum absolute atomic E-state index is 0.0550. The van der Waals surface area contributed by atoms with Crippen molar-refractivity contribution >= 4 is 46.7 Å². The summed E-state index contributed by atoms with van der Waals surface area (Å²) >= 11 is 4.94. The monoisotopic (exact) mass is 692 g/mol. The Kier molecular flexibility index (Phi) is 29.9. The topological polar surface area (TPSA) is 101 Å². The molecule has 246 valence electrons. The van der Waals surface area contributed by atoms with E-state index in [9.17, 15) is 9.59 Å². The molecule has 0 aliphatic carbocycles. The van der Waals surface area contributed by atoms with Crippen LogP contribution in [0.2, 0.25) is 0 Å². The molecule has 0 radical (unpaired) electrons. The van der Waals surface area contributed by atoms with Gasteiger partial charge < -0.3 is 19.7 Å². The second-order valence-corrected chi connectivity index (χ2v) is 12.0. The number of likely N-dealkylation sites (tertiary alicyclic amines) is 1. The lowest BCUT2D eigenvalue weighted by Crippen LogP contribution is -2.49. The highest BCUT2D eigenvalue weighted by Gasteiger charge is 2.33. The van der Waals surface area contributed by atoms with Crippen LogP contribution in [0.15, 0.2) is 52.1 Å². The molecule has 0 atom stereocenters. The number of thioether (sulfide) groups is 1. The van der Waals surface area contributed by atoms with Crippen LogP contribution in [0.25, 0.3) is 11.4 Å². The first kappa shape index (κ1) is 45.6. The number of aromatic nitrogens is 2. The summed E-state index contributed by atoms with van der Waals surface area (Å²) in [5.74, 6) is 1.85. The van der Waals surface area contributed by atoms with Gasteiger partial charge in [-0.05, 0) is 88.4 Å². The number of esters is 1. The number of rotatable bonds is 9. The zero-order chi connectivity index (χ0) is 34.6. The summed E-state index contributed by atoms with van der Waals surface area (Å²) < 4.78 is 6.12. The predicted octanol–water partition coefficient (Wildman–Crippen LogP) is 6.88. The van der Waals surface area contributed by atoms with E-state index in [0.29, 0.717) is 0 Å². The molecule has 0 saturated carbocycles. The molecule has 0 spiro atoms. The van der Waals surface area contributed by atoms with E-state index in [1.165, 1.54) is 5.56 Å². The summed E-state index contributed by atoms with van der Waals surface area (Å²) in [5.41, 5.74) is 2.02. The minimum atomic E-state index is -0.342. The molecule has 1 aliphatic rings. The van der Waals surface area contributed by atoms with Crippen molar-refractivity contribution in [3.8, 4) is 24.2 Å². The molecule has 3 rings (SSSR count). The molecule has 1 aromatic carbocycles. The molecule has 0 unspecified atom stereocenters. The van der Waals surface area contributed by atoms with E-state index in [0.717, 1.165) is 65.3 Å². The summed E-state index contributed by atoms with van der Waals surface area (Å²) in [6, 6.07) is 8.37. The molecule has 2 aromatic rings. The van der Waals surface area contributed by atoms with E-state index >= 15 is 0 Å². The van der Waals surface area contributed by atoms with E-state index in [-0.39, 0.29) is 17.5 Å². The molecule has 44 heavy (non-hydrogen) atoms. The quantitative estimate of drug-likeness (QED) is 0.130. The van der Waals surface area contributed by atoms with Gasteiger partial charge in [-0.25, -0.2) is 9.97 Å². The first-order valence-electron chi connectivity index (χ1n) is 14.5. The molecule has 8 nitrogen and oxygen atoms in total. The average molecular weight is 694 g/mol. The van der Waals surface area contributed by atoms with Crippen LogP contribution in [0.5, 0.6) is 0 Å². The van der Waals surface area contributed by atoms with Gasteiger partial charge in [0.2, 0.25) is 0 Å². The summed E-state index contributed by atoms with van der Waals surface area (Å²) in [6.45, 7) is 18.4. The van der Waals surface area contributed by atoms with Gasteiger partial charge in [0.05, 0.1) is 10.4 Å². The number of terminal acetylenes is 1. The molecule has 1 aliphatic heterocycles. The lowest BCUT2D eigenvalue weighted by molar-refractivity contribution is -0.165. The fraction of sp³-hybridized carbons (Fsp3) is 0.500. The van der Waals surface area contributed by atoms with E-state index < -0.39 is 0 Å². The molecule has 2 heterocycles. The second-order valence-electron chi connectivity index (χ2n) is 9.88. The number of nitrogens with one attached hydrogen (secondary N) is 1. The first-order chi connectivity index (χ1) is 21.0. The number of allylic oxidation sites excluding steroid dienone is 2. The molecule has 10 heteroatoms. The normalized spacial score (nSPS) is 12.2. The van der Waals surface area contributed by atoms with Gasteiger partial charge in [-0.1, -0.05) is 51.1 Å². The van der Waals surface area contributed by atoms with Crippen LogP contribution < -0.4 is 5.32 Å². The summed E-state index contributed by atoms with van der Waals surface area (Å²) in [6.07, 6.45) is 16.4. The second kappa shape index (κ2) is 28.9. The van der Waals surface area contributed by atoms with Crippen LogP contribution in [0, 0.1) is 18.8 Å². The fourth-order valence-corrected chi connectivity index (χ4v) is 4.07. The van der Waals surface area contributed by atoms with Crippen molar-refractivity contribution < 1.29 is 19.1 Å². The maximum Gasteiger partial charge on any atom is 0.312 e. The number of nitrogens with zero attached hydrogens (tertiary/aromatic N) is 3. The number of aldehydes is 1. The van der Waals surface area contributed by atoms with E-state index in [1.54, 1.807) is 24.2 Å². The highest BCUT2D eigenvalue weighted by Crippen LogP contribution is 2.19. The molecule has 0 bridgehead atoms. The molecule has 1 aromatic heterocycles. The van der Waals surface area contributed by atoms with Gasteiger partial charge >= 0.3 is 5.97 Å². The summed E-state index contributed by atoms with van der Waals surface area (Å²) in [7, 11) is 3.96. The lowest BCUT2D eigenvalue weighted by Gasteiger charge is -2.35. The third-order valence-electron chi connectivity index (χ3n) is 5.17. The number of ether oxygens (including phenoxy) is 1. The van der Waals surface area contributed by atoms with Crippen molar-refractivity contribution in [2.75, 3.05) is 39.5 Å². The Morgan fingerprint density at radius 3 is 2.07 bits per heavy atom. The van der Waals surface area contributed by atoms with Gasteiger partial charge in [-0.2, -0.15) is 0 Å². The number of halogens is 1. The number of carbonyl (C=O) groups excluding carboxylic acids is 3. The average Bonchev–Trinajstić information content (AvgIpc) is 3.02. The lowest BCUT2D eigenvalue weighted by atomic mass is 10.0. The molecular weight excluding hydrogens is 640 g/mol. The maximum atomic E-state index is 11.3. The van der Waals surface area contributed by atoms with E-state index in [4.69, 9.17) is 9.53 Å². The van der Waals surface area contributed by atoms with Crippen LogP contribution in [0.3, 0.4) is 0 Å². The predicted molar refractivity (Wildman–Crippen MR) is 191 cm³/mol. The maximum absolute atomic E-state index is 11.3. The third-order valence-corrected chi connectivity index (χ3v) is 6.86. The standard InChI is InChI=1S/C13H14BrN3.C9H17NO2.C7H12OS.C2H6.C2H2.CH2O/c1-15-7-6-10-2-4-11(5-3-10)13-16-8-12(14)9-17-13;1-9(2,3)12-8(11)7-5-10(4)6-7;1-3-5-9-7(4-2)6-8;3*1-2/h2-5,8-9,15H,6-7H2,1H3;7H,5-6H2,1-4H3;4,6H,3,5H2,1-2H3;1-2H3;1-2H;1H2/b;;7-4-;;;. The number of likely N-dealkylation sites (N-methyl/N-ethyl adjacent to an activating group) is 1. The van der Waals surface area contributed by atoms with Crippen molar-refractivity contribution in [2.45, 2.75) is 66.9 Å². The van der Waals surface area contributed by atoms with Gasteiger partial charge in [0.25, 0.3) is 0 Å². The minimum Gasteiger partial charge on any atom is -0.460 e.